The van der Waals surface area contributed by atoms with E-state index >= 15 is 0 Å². The molecule has 2 rings (SSSR count). The molecular weight excluding hydrogens is 270 g/mol. The van der Waals surface area contributed by atoms with Crippen molar-refractivity contribution >= 4 is 22.8 Å². The van der Waals surface area contributed by atoms with Crippen molar-refractivity contribution in [2.24, 2.45) is 0 Å². The maximum Gasteiger partial charge on any atom is 0.338 e. The largest absolute Gasteiger partial charge is 0.462 e. The van der Waals surface area contributed by atoms with Crippen molar-refractivity contribution in [2.75, 3.05) is 24.6 Å². The number of anilines is 1. The highest BCUT2D eigenvalue weighted by atomic mass is 16.5. The van der Waals surface area contributed by atoms with Gasteiger partial charge in [0.15, 0.2) is 0 Å². The van der Waals surface area contributed by atoms with Gasteiger partial charge in [0, 0.05) is 13.1 Å². The first-order chi connectivity index (χ1) is 10.1. The summed E-state index contributed by atoms with van der Waals surface area (Å²) in [4.78, 5) is 33.1. The molecule has 0 saturated heterocycles. The number of nitrogens with zero attached hydrogens (tertiary/aromatic N) is 2. The molecule has 21 heavy (non-hydrogen) atoms. The Hall–Kier alpha value is -2.37. The smallest absolute Gasteiger partial charge is 0.338 e. The Balaban J connectivity index is 2.51. The van der Waals surface area contributed by atoms with Crippen LogP contribution in [0.15, 0.2) is 23.0 Å². The van der Waals surface area contributed by atoms with Crippen LogP contribution in [0.2, 0.25) is 0 Å². The molecule has 0 bridgehead atoms. The number of carbonyl (C=O) groups is 1. The second-order valence-electron chi connectivity index (χ2n) is 4.51. The summed E-state index contributed by atoms with van der Waals surface area (Å²) in [7, 11) is 0. The molecule has 1 heterocycles. The lowest BCUT2D eigenvalue weighted by molar-refractivity contribution is 0.0526. The van der Waals surface area contributed by atoms with Crippen LogP contribution in [0.4, 0.5) is 5.95 Å². The molecular formula is C15H19N3O3. The van der Waals surface area contributed by atoms with Crippen molar-refractivity contribution < 1.29 is 9.53 Å². The fraction of sp³-hybridized carbons (Fsp3) is 0.400. The molecule has 0 amide bonds. The lowest BCUT2D eigenvalue weighted by Crippen LogP contribution is -2.26. The predicted octanol–water partition coefficient (Wildman–Crippen LogP) is 1.95. The summed E-state index contributed by atoms with van der Waals surface area (Å²) < 4.78 is 4.93. The molecule has 1 N–H and O–H groups in total. The van der Waals surface area contributed by atoms with Gasteiger partial charge in [0.05, 0.1) is 23.1 Å². The Bertz CT molecular complexity index is 705. The second-order valence-corrected chi connectivity index (χ2v) is 4.51. The van der Waals surface area contributed by atoms with Gasteiger partial charge in [-0.3, -0.25) is 9.78 Å². The van der Waals surface area contributed by atoms with E-state index < -0.39 is 5.97 Å². The van der Waals surface area contributed by atoms with E-state index in [-0.39, 0.29) is 5.56 Å². The fourth-order valence-electron chi connectivity index (χ4n) is 2.14. The quantitative estimate of drug-likeness (QED) is 0.851. The molecule has 6 heteroatoms. The number of fused-ring (bicyclic) bond motifs is 1. The molecule has 0 saturated carbocycles. The molecule has 6 nitrogen and oxygen atoms in total. The maximum atomic E-state index is 12.2. The molecule has 112 valence electrons. The first-order valence-electron chi connectivity index (χ1n) is 7.06. The highest BCUT2D eigenvalue weighted by Crippen LogP contribution is 2.14. The van der Waals surface area contributed by atoms with Crippen LogP contribution in [0.25, 0.3) is 10.9 Å². The van der Waals surface area contributed by atoms with Gasteiger partial charge in [0.25, 0.3) is 5.56 Å². The van der Waals surface area contributed by atoms with Gasteiger partial charge in [0.2, 0.25) is 5.95 Å². The Kier molecular flexibility index (Phi) is 4.57. The van der Waals surface area contributed by atoms with Crippen LogP contribution in [-0.4, -0.2) is 35.6 Å². The first kappa shape index (κ1) is 15.0. The number of benzene rings is 1. The summed E-state index contributed by atoms with van der Waals surface area (Å²) in [6.45, 7) is 7.54. The zero-order valence-corrected chi connectivity index (χ0v) is 12.5. The van der Waals surface area contributed by atoms with Gasteiger partial charge in [-0.05, 0) is 39.0 Å². The number of aromatic amines is 1. The maximum absolute atomic E-state index is 12.2. The molecule has 0 spiro atoms. The minimum Gasteiger partial charge on any atom is -0.462 e. The number of carbonyl (C=O) groups excluding carboxylic acids is 1. The van der Waals surface area contributed by atoms with Crippen LogP contribution in [0.3, 0.4) is 0 Å². The number of hydrogen-bond acceptors (Lipinski definition) is 5. The third kappa shape index (κ3) is 3.04. The summed E-state index contributed by atoms with van der Waals surface area (Å²) >= 11 is 0. The average molecular weight is 289 g/mol. The van der Waals surface area contributed by atoms with Gasteiger partial charge >= 0.3 is 5.97 Å². The van der Waals surface area contributed by atoms with E-state index in [1.165, 1.54) is 6.07 Å². The lowest BCUT2D eigenvalue weighted by atomic mass is 10.1. The third-order valence-corrected chi connectivity index (χ3v) is 3.27. The molecule has 1 aromatic heterocycles. The van der Waals surface area contributed by atoms with E-state index in [4.69, 9.17) is 4.74 Å². The Morgan fingerprint density at radius 1 is 1.29 bits per heavy atom. The van der Waals surface area contributed by atoms with Crippen LogP contribution >= 0.6 is 0 Å². The predicted molar refractivity (Wildman–Crippen MR) is 81.9 cm³/mol. The summed E-state index contributed by atoms with van der Waals surface area (Å²) in [6, 6.07) is 4.81. The van der Waals surface area contributed by atoms with Crippen LogP contribution in [0.5, 0.6) is 0 Å². The van der Waals surface area contributed by atoms with Gasteiger partial charge in [-0.15, -0.1) is 0 Å². The first-order valence-corrected chi connectivity index (χ1v) is 7.06. The summed E-state index contributed by atoms with van der Waals surface area (Å²) in [5.74, 6) is 0.105. The van der Waals surface area contributed by atoms with Crippen LogP contribution in [-0.2, 0) is 4.74 Å². The molecule has 1 aromatic carbocycles. The van der Waals surface area contributed by atoms with E-state index in [0.717, 1.165) is 13.1 Å². The normalized spacial score (nSPS) is 10.6. The van der Waals surface area contributed by atoms with Crippen LogP contribution in [0.1, 0.15) is 31.1 Å². The van der Waals surface area contributed by atoms with Crippen molar-refractivity contribution in [1.29, 1.82) is 0 Å². The van der Waals surface area contributed by atoms with Gasteiger partial charge < -0.3 is 9.64 Å². The monoisotopic (exact) mass is 289 g/mol. The van der Waals surface area contributed by atoms with E-state index in [2.05, 4.69) is 9.97 Å². The number of rotatable bonds is 5. The van der Waals surface area contributed by atoms with Gasteiger partial charge in [-0.2, -0.15) is 0 Å². The zero-order chi connectivity index (χ0) is 15.4. The number of esters is 1. The topological polar surface area (TPSA) is 75.3 Å². The highest BCUT2D eigenvalue weighted by Gasteiger charge is 2.12. The summed E-state index contributed by atoms with van der Waals surface area (Å²) in [6.07, 6.45) is 0. The summed E-state index contributed by atoms with van der Waals surface area (Å²) in [5, 5.41) is 0.386. The fourth-order valence-corrected chi connectivity index (χ4v) is 2.14. The molecule has 0 fully saturated rings. The lowest BCUT2D eigenvalue weighted by Gasteiger charge is -2.19. The van der Waals surface area contributed by atoms with Crippen molar-refractivity contribution in [3.63, 3.8) is 0 Å². The third-order valence-electron chi connectivity index (χ3n) is 3.27. The van der Waals surface area contributed by atoms with Crippen molar-refractivity contribution in [3.05, 3.63) is 34.1 Å². The van der Waals surface area contributed by atoms with Gasteiger partial charge in [-0.25, -0.2) is 9.78 Å². The van der Waals surface area contributed by atoms with Crippen LogP contribution < -0.4 is 10.5 Å². The average Bonchev–Trinajstić information content (AvgIpc) is 2.48. The molecule has 0 radical (unpaired) electrons. The molecule has 0 unspecified atom stereocenters. The van der Waals surface area contributed by atoms with Crippen LogP contribution in [0, 0.1) is 0 Å². The standard InChI is InChI=1S/C15H19N3O3/c1-4-18(5-2)15-16-12-8-7-10(14(20)21-6-3)9-11(12)13(19)17-15/h7-9H,4-6H2,1-3H3,(H,16,17,19). The Morgan fingerprint density at radius 2 is 2.00 bits per heavy atom. The number of H-pyrrole nitrogens is 1. The van der Waals surface area contributed by atoms with Gasteiger partial charge in [-0.1, -0.05) is 0 Å². The molecule has 0 atom stereocenters. The molecule has 2 aromatic rings. The van der Waals surface area contributed by atoms with Crippen molar-refractivity contribution in [3.8, 4) is 0 Å². The Labute approximate surface area is 122 Å². The zero-order valence-electron chi connectivity index (χ0n) is 12.5. The number of nitrogens with one attached hydrogen (secondary N) is 1. The van der Waals surface area contributed by atoms with E-state index in [0.29, 0.717) is 29.0 Å². The summed E-state index contributed by atoms with van der Waals surface area (Å²) in [5.41, 5.74) is 0.661. The highest BCUT2D eigenvalue weighted by molar-refractivity contribution is 5.94. The molecule has 0 aliphatic heterocycles. The SMILES string of the molecule is CCOC(=O)c1ccc2nc(N(CC)CC)[nH]c(=O)c2c1. The number of hydrogen-bond donors (Lipinski definition) is 1. The minimum atomic E-state index is -0.438. The van der Waals surface area contributed by atoms with Crippen molar-refractivity contribution in [2.45, 2.75) is 20.8 Å². The minimum absolute atomic E-state index is 0.256. The van der Waals surface area contributed by atoms with Gasteiger partial charge in [0.1, 0.15) is 0 Å². The van der Waals surface area contributed by atoms with Crippen molar-refractivity contribution in [1.82, 2.24) is 9.97 Å². The molecule has 0 aliphatic carbocycles. The van der Waals surface area contributed by atoms with E-state index in [1.54, 1.807) is 19.1 Å². The van der Waals surface area contributed by atoms with E-state index in [1.807, 2.05) is 18.7 Å². The molecule has 0 aliphatic rings. The second kappa shape index (κ2) is 6.39. The van der Waals surface area contributed by atoms with E-state index in [9.17, 15) is 9.59 Å². The Morgan fingerprint density at radius 3 is 2.62 bits per heavy atom. The number of ether oxygens (including phenoxy) is 1. The number of aromatic nitrogens is 2.